The zero-order valence-electron chi connectivity index (χ0n) is 16.0. The third-order valence-electron chi connectivity index (χ3n) is 4.58. The Morgan fingerprint density at radius 2 is 2.21 bits per heavy atom. The number of thioether (sulfide) groups is 1. The second-order valence-corrected chi connectivity index (χ2v) is 7.57. The molecule has 1 aliphatic rings. The molecule has 1 aromatic carbocycles. The quantitative estimate of drug-likeness (QED) is 0.669. The summed E-state index contributed by atoms with van der Waals surface area (Å²) in [6.45, 7) is 3.99. The highest BCUT2D eigenvalue weighted by Gasteiger charge is 2.35. The molecule has 0 aliphatic carbocycles. The summed E-state index contributed by atoms with van der Waals surface area (Å²) >= 11 is 1.39. The number of amides is 2. The van der Waals surface area contributed by atoms with Gasteiger partial charge in [0.15, 0.2) is 11.5 Å². The fourth-order valence-corrected chi connectivity index (χ4v) is 4.39. The third-order valence-corrected chi connectivity index (χ3v) is 5.79. The van der Waals surface area contributed by atoms with Gasteiger partial charge in [-0.3, -0.25) is 19.4 Å². The molecule has 1 fully saturated rings. The van der Waals surface area contributed by atoms with Crippen molar-refractivity contribution in [1.29, 1.82) is 0 Å². The number of carbonyl (C=O) groups is 2. The first-order chi connectivity index (χ1) is 14.0. The maximum atomic E-state index is 13.0. The summed E-state index contributed by atoms with van der Waals surface area (Å²) < 4.78 is 7.14. The minimum Gasteiger partial charge on any atom is -0.504 e. The second kappa shape index (κ2) is 7.67. The van der Waals surface area contributed by atoms with E-state index in [0.29, 0.717) is 29.4 Å². The minimum absolute atomic E-state index is 0.0295. The van der Waals surface area contributed by atoms with Crippen LogP contribution in [0.5, 0.6) is 11.5 Å². The Labute approximate surface area is 171 Å². The van der Waals surface area contributed by atoms with Crippen LogP contribution in [0.15, 0.2) is 42.6 Å². The van der Waals surface area contributed by atoms with E-state index < -0.39 is 11.3 Å². The van der Waals surface area contributed by atoms with Crippen LogP contribution < -0.4 is 10.2 Å². The number of nitrogens with zero attached hydrogens (tertiary/aromatic N) is 3. The molecule has 2 N–H and O–H groups in total. The Morgan fingerprint density at radius 3 is 3.00 bits per heavy atom. The number of phenols is 1. The number of pyridine rings is 1. The molecule has 150 valence electrons. The number of carbonyl (C=O) groups excluding carboxylic acids is 2. The Balaban J connectivity index is 1.63. The summed E-state index contributed by atoms with van der Waals surface area (Å²) in [6.07, 6.45) is 1.76. The minimum atomic E-state index is -0.425. The van der Waals surface area contributed by atoms with Crippen LogP contribution in [0.4, 0.5) is 0 Å². The Kier molecular flexibility index (Phi) is 5.06. The summed E-state index contributed by atoms with van der Waals surface area (Å²) in [5.74, 6) is -0.00509. The van der Waals surface area contributed by atoms with E-state index in [4.69, 9.17) is 4.74 Å². The van der Waals surface area contributed by atoms with Crippen LogP contribution in [0.25, 0.3) is 5.65 Å². The number of aromatic nitrogens is 2. The van der Waals surface area contributed by atoms with E-state index in [0.717, 1.165) is 5.56 Å². The Bertz CT molecular complexity index is 1100. The molecule has 1 saturated heterocycles. The van der Waals surface area contributed by atoms with Crippen molar-refractivity contribution in [1.82, 2.24) is 19.8 Å². The predicted octanol–water partition coefficient (Wildman–Crippen LogP) is 2.67. The summed E-state index contributed by atoms with van der Waals surface area (Å²) in [7, 11) is 0. The lowest BCUT2D eigenvalue weighted by Crippen LogP contribution is -2.45. The molecule has 8 nitrogen and oxygen atoms in total. The smallest absolute Gasteiger partial charge is 0.288 e. The molecule has 9 heteroatoms. The van der Waals surface area contributed by atoms with Crippen molar-refractivity contribution < 1.29 is 19.4 Å². The van der Waals surface area contributed by atoms with Crippen LogP contribution in [0.2, 0.25) is 0 Å². The first-order valence-corrected chi connectivity index (χ1v) is 10.2. The van der Waals surface area contributed by atoms with Crippen molar-refractivity contribution in [3.05, 3.63) is 59.5 Å². The highest BCUT2D eigenvalue weighted by molar-refractivity contribution is 8.00. The van der Waals surface area contributed by atoms with Crippen molar-refractivity contribution in [2.45, 2.75) is 19.2 Å². The van der Waals surface area contributed by atoms with Crippen molar-refractivity contribution >= 4 is 29.2 Å². The van der Waals surface area contributed by atoms with Crippen LogP contribution in [0.3, 0.4) is 0 Å². The number of hydrogen-bond donors (Lipinski definition) is 2. The SMILES string of the molecule is CCOc1cc(C2SCC(=O)N2NC(=O)c2c(C)nc3ccccn23)ccc1O. The number of aromatic hydroxyl groups is 1. The number of benzene rings is 1. The number of hydrogen-bond acceptors (Lipinski definition) is 6. The van der Waals surface area contributed by atoms with E-state index >= 15 is 0 Å². The van der Waals surface area contributed by atoms with Gasteiger partial charge in [-0.25, -0.2) is 9.99 Å². The molecule has 1 unspecified atom stereocenters. The number of phenolic OH excluding ortho intramolecular Hbond substituents is 1. The number of rotatable bonds is 5. The summed E-state index contributed by atoms with van der Waals surface area (Å²) in [5.41, 5.74) is 5.10. The highest BCUT2D eigenvalue weighted by atomic mass is 32.2. The molecule has 4 rings (SSSR count). The molecule has 1 aliphatic heterocycles. The first kappa shape index (κ1) is 19.1. The summed E-state index contributed by atoms with van der Waals surface area (Å²) in [5, 5.41) is 10.8. The zero-order chi connectivity index (χ0) is 20.5. The van der Waals surface area contributed by atoms with Crippen LogP contribution in [-0.2, 0) is 4.79 Å². The van der Waals surface area contributed by atoms with E-state index in [9.17, 15) is 14.7 Å². The third kappa shape index (κ3) is 3.49. The van der Waals surface area contributed by atoms with Crippen molar-refractivity contribution in [3.8, 4) is 11.5 Å². The standard InChI is InChI=1S/C20H20N4O4S/c1-3-28-15-10-13(7-8-14(15)25)20-24(17(26)11-29-20)22-19(27)18-12(2)21-16-6-4-5-9-23(16)18/h4-10,20,25H,3,11H2,1-2H3,(H,22,27). The number of fused-ring (bicyclic) bond motifs is 1. The molecule has 0 bridgehead atoms. The lowest BCUT2D eigenvalue weighted by molar-refractivity contribution is -0.130. The molecule has 1 atom stereocenters. The van der Waals surface area contributed by atoms with E-state index in [-0.39, 0.29) is 17.4 Å². The van der Waals surface area contributed by atoms with Gasteiger partial charge < -0.3 is 9.84 Å². The molecular weight excluding hydrogens is 392 g/mol. The van der Waals surface area contributed by atoms with Gasteiger partial charge in [-0.15, -0.1) is 11.8 Å². The molecule has 3 aromatic rings. The first-order valence-electron chi connectivity index (χ1n) is 9.13. The van der Waals surface area contributed by atoms with Gasteiger partial charge in [0.2, 0.25) is 0 Å². The van der Waals surface area contributed by atoms with Crippen LogP contribution in [-0.4, -0.2) is 43.7 Å². The maximum Gasteiger partial charge on any atom is 0.288 e. The molecule has 0 radical (unpaired) electrons. The molecule has 2 aromatic heterocycles. The van der Waals surface area contributed by atoms with E-state index in [1.54, 1.807) is 29.7 Å². The van der Waals surface area contributed by atoms with E-state index in [1.165, 1.54) is 22.8 Å². The maximum absolute atomic E-state index is 13.0. The van der Waals surface area contributed by atoms with Gasteiger partial charge in [-0.2, -0.15) is 0 Å². The fraction of sp³-hybridized carbons (Fsp3) is 0.250. The predicted molar refractivity (Wildman–Crippen MR) is 109 cm³/mol. The van der Waals surface area contributed by atoms with E-state index in [1.807, 2.05) is 25.1 Å². The molecule has 3 heterocycles. The summed E-state index contributed by atoms with van der Waals surface area (Å²) in [6, 6.07) is 10.4. The van der Waals surface area contributed by atoms with Gasteiger partial charge in [-0.1, -0.05) is 12.1 Å². The van der Waals surface area contributed by atoms with Gasteiger partial charge in [-0.05, 0) is 43.7 Å². The van der Waals surface area contributed by atoms with Gasteiger partial charge in [0, 0.05) is 6.20 Å². The lowest BCUT2D eigenvalue weighted by Gasteiger charge is -2.25. The number of ether oxygens (including phenoxy) is 1. The average molecular weight is 412 g/mol. The van der Waals surface area contributed by atoms with E-state index in [2.05, 4.69) is 10.4 Å². The van der Waals surface area contributed by atoms with Crippen LogP contribution in [0.1, 0.15) is 34.0 Å². The van der Waals surface area contributed by atoms with Gasteiger partial charge in [0.1, 0.15) is 16.7 Å². The fourth-order valence-electron chi connectivity index (χ4n) is 3.30. The normalized spacial score (nSPS) is 16.4. The number of nitrogens with one attached hydrogen (secondary N) is 1. The van der Waals surface area contributed by atoms with Gasteiger partial charge in [0.05, 0.1) is 18.1 Å². The largest absolute Gasteiger partial charge is 0.504 e. The molecule has 0 saturated carbocycles. The topological polar surface area (TPSA) is 96.2 Å². The molecule has 29 heavy (non-hydrogen) atoms. The van der Waals surface area contributed by atoms with Gasteiger partial charge >= 0.3 is 0 Å². The molecular formula is C20H20N4O4S. The second-order valence-electron chi connectivity index (χ2n) is 6.50. The van der Waals surface area contributed by atoms with Crippen LogP contribution >= 0.6 is 11.8 Å². The number of imidazole rings is 1. The molecule has 0 spiro atoms. The lowest BCUT2D eigenvalue weighted by atomic mass is 10.2. The van der Waals surface area contributed by atoms with Gasteiger partial charge in [0.25, 0.3) is 11.8 Å². The Morgan fingerprint density at radius 1 is 1.38 bits per heavy atom. The van der Waals surface area contributed by atoms with Crippen LogP contribution in [0, 0.1) is 6.92 Å². The van der Waals surface area contributed by atoms with Crippen molar-refractivity contribution in [3.63, 3.8) is 0 Å². The highest BCUT2D eigenvalue weighted by Crippen LogP contribution is 2.40. The van der Waals surface area contributed by atoms with Crippen molar-refractivity contribution in [2.24, 2.45) is 0 Å². The number of aryl methyl sites for hydroxylation is 1. The van der Waals surface area contributed by atoms with Crippen molar-refractivity contribution in [2.75, 3.05) is 12.4 Å². The molecule has 2 amide bonds. The number of hydrazine groups is 1. The Hall–Kier alpha value is -3.20. The average Bonchev–Trinajstić information content (AvgIpc) is 3.23. The monoisotopic (exact) mass is 412 g/mol. The summed E-state index contributed by atoms with van der Waals surface area (Å²) in [4.78, 5) is 29.9. The zero-order valence-corrected chi connectivity index (χ0v) is 16.8.